The number of aryl methyl sites for hydroxylation is 1. The number of carbonyl (C=O) groups is 2. The summed E-state index contributed by atoms with van der Waals surface area (Å²) in [6, 6.07) is 9.38. The van der Waals surface area contributed by atoms with E-state index in [1.807, 2.05) is 31.2 Å². The highest BCUT2D eigenvalue weighted by molar-refractivity contribution is 6.28. The van der Waals surface area contributed by atoms with Gasteiger partial charge in [-0.1, -0.05) is 24.3 Å². The number of hydrogen-bond acceptors (Lipinski definition) is 3. The normalized spacial score (nSPS) is 14.3. The van der Waals surface area contributed by atoms with Gasteiger partial charge < -0.3 is 4.74 Å². The van der Waals surface area contributed by atoms with Gasteiger partial charge in [-0.05, 0) is 29.3 Å². The molecular weight excluding hydrogens is 240 g/mol. The van der Waals surface area contributed by atoms with Gasteiger partial charge in [-0.3, -0.25) is 9.59 Å². The highest BCUT2D eigenvalue weighted by atomic mass is 16.5. The Hall–Kier alpha value is -2.42. The van der Waals surface area contributed by atoms with Crippen molar-refractivity contribution in [3.63, 3.8) is 0 Å². The van der Waals surface area contributed by atoms with Crippen LogP contribution in [0.15, 0.2) is 42.2 Å². The molecule has 2 aromatic rings. The summed E-state index contributed by atoms with van der Waals surface area (Å²) in [6.07, 6.45) is 1.26. The molecular formula is C16H12O3. The van der Waals surface area contributed by atoms with E-state index in [9.17, 15) is 9.59 Å². The van der Waals surface area contributed by atoms with E-state index in [1.54, 1.807) is 6.07 Å². The smallest absolute Gasteiger partial charge is 0.229 e. The monoisotopic (exact) mass is 252 g/mol. The third kappa shape index (κ3) is 1.58. The molecule has 0 aromatic heterocycles. The summed E-state index contributed by atoms with van der Waals surface area (Å²) in [5.41, 5.74) is 1.90. The minimum Gasteiger partial charge on any atom is -0.492 e. The van der Waals surface area contributed by atoms with Crippen LogP contribution in [0.25, 0.3) is 10.8 Å². The third-order valence-corrected chi connectivity index (χ3v) is 3.45. The Labute approximate surface area is 110 Å². The molecule has 0 bridgehead atoms. The summed E-state index contributed by atoms with van der Waals surface area (Å²) >= 11 is 0. The molecule has 0 amide bonds. The quantitative estimate of drug-likeness (QED) is 0.783. The molecule has 0 spiro atoms. The maximum absolute atomic E-state index is 12.4. The summed E-state index contributed by atoms with van der Waals surface area (Å²) in [6.45, 7) is 1.94. The first-order chi connectivity index (χ1) is 9.13. The second-order valence-electron chi connectivity index (χ2n) is 4.57. The second-order valence-corrected chi connectivity index (χ2v) is 4.57. The van der Waals surface area contributed by atoms with Crippen LogP contribution in [0.2, 0.25) is 0 Å². The van der Waals surface area contributed by atoms with E-state index in [4.69, 9.17) is 4.74 Å². The number of ether oxygens (including phenoxy) is 1. The zero-order valence-corrected chi connectivity index (χ0v) is 10.7. The van der Waals surface area contributed by atoms with Gasteiger partial charge in [0, 0.05) is 17.2 Å². The SMILES string of the molecule is COC1=CC(=O)c2cc(C)c3ccccc3c2C1=O. The molecule has 1 aliphatic carbocycles. The lowest BCUT2D eigenvalue weighted by Crippen LogP contribution is -2.18. The minimum absolute atomic E-state index is 0.103. The van der Waals surface area contributed by atoms with Gasteiger partial charge in [-0.15, -0.1) is 0 Å². The minimum atomic E-state index is -0.228. The van der Waals surface area contributed by atoms with Crippen LogP contribution < -0.4 is 0 Å². The van der Waals surface area contributed by atoms with Crippen LogP contribution in [0.1, 0.15) is 26.3 Å². The number of Topliss-reactive ketones (excluding diaryl/α,β-unsaturated/α-hetero) is 1. The number of hydrogen-bond donors (Lipinski definition) is 0. The van der Waals surface area contributed by atoms with Crippen LogP contribution in [0.4, 0.5) is 0 Å². The number of rotatable bonds is 1. The first-order valence-electron chi connectivity index (χ1n) is 6.00. The number of fused-ring (bicyclic) bond motifs is 3. The molecule has 0 heterocycles. The molecule has 3 heteroatoms. The Balaban J connectivity index is 2.43. The van der Waals surface area contributed by atoms with Crippen molar-refractivity contribution < 1.29 is 14.3 Å². The van der Waals surface area contributed by atoms with Gasteiger partial charge in [0.05, 0.1) is 7.11 Å². The molecule has 0 saturated carbocycles. The average molecular weight is 252 g/mol. The summed E-state index contributed by atoms with van der Waals surface area (Å²) < 4.78 is 5.00. The molecule has 0 radical (unpaired) electrons. The van der Waals surface area contributed by atoms with Crippen LogP contribution in [-0.4, -0.2) is 18.7 Å². The van der Waals surface area contributed by atoms with Crippen LogP contribution in [0.5, 0.6) is 0 Å². The van der Waals surface area contributed by atoms with Gasteiger partial charge in [-0.25, -0.2) is 0 Å². The third-order valence-electron chi connectivity index (χ3n) is 3.45. The van der Waals surface area contributed by atoms with Gasteiger partial charge in [-0.2, -0.15) is 0 Å². The fourth-order valence-electron chi connectivity index (χ4n) is 2.53. The number of carbonyl (C=O) groups excluding carboxylic acids is 2. The van der Waals surface area contributed by atoms with E-state index < -0.39 is 0 Å². The van der Waals surface area contributed by atoms with Gasteiger partial charge in [0.25, 0.3) is 0 Å². The largest absolute Gasteiger partial charge is 0.492 e. The van der Waals surface area contributed by atoms with Crippen molar-refractivity contribution in [2.45, 2.75) is 6.92 Å². The molecule has 1 aliphatic rings. The van der Waals surface area contributed by atoms with E-state index in [-0.39, 0.29) is 17.3 Å². The number of benzene rings is 2. The zero-order valence-electron chi connectivity index (χ0n) is 10.7. The zero-order chi connectivity index (χ0) is 13.6. The molecule has 94 valence electrons. The lowest BCUT2D eigenvalue weighted by molar-refractivity contribution is 0.0918. The van der Waals surface area contributed by atoms with Crippen molar-refractivity contribution in [2.75, 3.05) is 7.11 Å². The maximum atomic E-state index is 12.4. The van der Waals surface area contributed by atoms with Crippen molar-refractivity contribution in [2.24, 2.45) is 0 Å². The number of ketones is 2. The summed E-state index contributed by atoms with van der Waals surface area (Å²) in [7, 11) is 1.40. The molecule has 0 saturated heterocycles. The van der Waals surface area contributed by atoms with Crippen molar-refractivity contribution in [3.8, 4) is 0 Å². The van der Waals surface area contributed by atoms with E-state index in [0.717, 1.165) is 16.3 Å². The van der Waals surface area contributed by atoms with Gasteiger partial charge in [0.2, 0.25) is 5.78 Å². The fraction of sp³-hybridized carbons (Fsp3) is 0.125. The molecule has 0 N–H and O–H groups in total. The molecule has 0 aliphatic heterocycles. The summed E-state index contributed by atoms with van der Waals surface area (Å²) in [5, 5.41) is 1.79. The summed E-state index contributed by atoms with van der Waals surface area (Å²) in [4.78, 5) is 24.5. The van der Waals surface area contributed by atoms with Crippen molar-refractivity contribution in [1.82, 2.24) is 0 Å². The Kier molecular flexibility index (Phi) is 2.49. The van der Waals surface area contributed by atoms with Gasteiger partial charge in [0.15, 0.2) is 11.5 Å². The fourth-order valence-corrected chi connectivity index (χ4v) is 2.53. The standard InChI is InChI=1S/C16H12O3/c1-9-7-12-13(17)8-14(19-2)16(18)15(12)11-6-4-3-5-10(9)11/h3-8H,1-2H3. The van der Waals surface area contributed by atoms with E-state index in [1.165, 1.54) is 13.2 Å². The first kappa shape index (κ1) is 11.7. The first-order valence-corrected chi connectivity index (χ1v) is 6.00. The van der Waals surface area contributed by atoms with Gasteiger partial charge in [0.1, 0.15) is 0 Å². The highest BCUT2D eigenvalue weighted by Gasteiger charge is 2.28. The Bertz CT molecular complexity index is 754. The van der Waals surface area contributed by atoms with Crippen LogP contribution in [0, 0.1) is 6.92 Å². The van der Waals surface area contributed by atoms with Crippen molar-refractivity contribution >= 4 is 22.3 Å². The molecule has 0 unspecified atom stereocenters. The molecule has 0 fully saturated rings. The van der Waals surface area contributed by atoms with E-state index in [2.05, 4.69) is 0 Å². The predicted molar refractivity (Wildman–Crippen MR) is 72.4 cm³/mol. The molecule has 3 rings (SSSR count). The highest BCUT2D eigenvalue weighted by Crippen LogP contribution is 2.31. The number of allylic oxidation sites excluding steroid dienone is 2. The molecule has 19 heavy (non-hydrogen) atoms. The lowest BCUT2D eigenvalue weighted by atomic mass is 9.87. The van der Waals surface area contributed by atoms with Crippen LogP contribution in [0.3, 0.4) is 0 Å². The molecule has 2 aromatic carbocycles. The maximum Gasteiger partial charge on any atom is 0.229 e. The Morgan fingerprint density at radius 1 is 1.05 bits per heavy atom. The summed E-state index contributed by atoms with van der Waals surface area (Å²) in [5.74, 6) is -0.305. The Morgan fingerprint density at radius 3 is 2.42 bits per heavy atom. The second kappa shape index (κ2) is 4.05. The van der Waals surface area contributed by atoms with Crippen molar-refractivity contribution in [3.05, 3.63) is 58.9 Å². The van der Waals surface area contributed by atoms with Gasteiger partial charge >= 0.3 is 0 Å². The van der Waals surface area contributed by atoms with Crippen LogP contribution in [-0.2, 0) is 4.74 Å². The van der Waals surface area contributed by atoms with Crippen molar-refractivity contribution in [1.29, 1.82) is 0 Å². The van der Waals surface area contributed by atoms with E-state index >= 15 is 0 Å². The molecule has 0 atom stereocenters. The van der Waals surface area contributed by atoms with E-state index in [0.29, 0.717) is 11.1 Å². The number of methoxy groups -OCH3 is 1. The molecule has 3 nitrogen and oxygen atoms in total. The topological polar surface area (TPSA) is 43.4 Å². The predicted octanol–water partition coefficient (Wildman–Crippen LogP) is 3.06. The Morgan fingerprint density at radius 2 is 1.74 bits per heavy atom. The lowest BCUT2D eigenvalue weighted by Gasteiger charge is -2.17. The van der Waals surface area contributed by atoms with Crippen LogP contribution >= 0.6 is 0 Å². The average Bonchev–Trinajstić information content (AvgIpc) is 2.43.